The summed E-state index contributed by atoms with van der Waals surface area (Å²) in [5.74, 6) is 0.786. The quantitative estimate of drug-likeness (QED) is 0.767. The predicted molar refractivity (Wildman–Crippen MR) is 69.5 cm³/mol. The largest absolute Gasteiger partial charge is 0.350 e. The molecule has 0 amide bonds. The summed E-state index contributed by atoms with van der Waals surface area (Å²) in [7, 11) is 3.23. The number of nitrogens with zero attached hydrogens (tertiary/aromatic N) is 3. The van der Waals surface area contributed by atoms with Gasteiger partial charge in [-0.15, -0.1) is 0 Å². The van der Waals surface area contributed by atoms with Gasteiger partial charge >= 0.3 is 0 Å². The highest BCUT2D eigenvalue weighted by molar-refractivity contribution is 5.30. The van der Waals surface area contributed by atoms with Crippen molar-refractivity contribution in [3.8, 4) is 0 Å². The summed E-state index contributed by atoms with van der Waals surface area (Å²) < 4.78 is 10.4. The Morgan fingerprint density at radius 2 is 1.78 bits per heavy atom. The molecular weight excluding hydrogens is 230 g/mol. The number of methoxy groups -OCH3 is 2. The van der Waals surface area contributed by atoms with Gasteiger partial charge in [-0.05, 0) is 18.9 Å². The molecule has 0 aliphatic carbocycles. The number of aromatic nitrogens is 2. The number of hydrogen-bond acceptors (Lipinski definition) is 5. The first-order chi connectivity index (χ1) is 8.85. The highest BCUT2D eigenvalue weighted by Crippen LogP contribution is 2.19. The van der Waals surface area contributed by atoms with Crippen molar-refractivity contribution in [2.75, 3.05) is 32.2 Å². The smallest absolute Gasteiger partial charge is 0.225 e. The minimum Gasteiger partial charge on any atom is -0.350 e. The number of anilines is 1. The van der Waals surface area contributed by atoms with Crippen LogP contribution in [0.1, 0.15) is 37.7 Å². The van der Waals surface area contributed by atoms with E-state index in [1.54, 1.807) is 20.4 Å². The lowest BCUT2D eigenvalue weighted by atomic mass is 10.2. The van der Waals surface area contributed by atoms with Gasteiger partial charge in [0.15, 0.2) is 0 Å². The van der Waals surface area contributed by atoms with Crippen molar-refractivity contribution < 1.29 is 9.47 Å². The van der Waals surface area contributed by atoms with Crippen LogP contribution in [0.2, 0.25) is 0 Å². The molecule has 100 valence electrons. The summed E-state index contributed by atoms with van der Waals surface area (Å²) in [6.07, 6.45) is 6.38. The van der Waals surface area contributed by atoms with Gasteiger partial charge in [0.05, 0.1) is 0 Å². The second kappa shape index (κ2) is 6.66. The fraction of sp³-hybridized carbons (Fsp3) is 0.692. The zero-order chi connectivity index (χ0) is 12.8. The molecule has 0 N–H and O–H groups in total. The third-order valence-corrected chi connectivity index (χ3v) is 3.22. The second-order valence-corrected chi connectivity index (χ2v) is 4.49. The van der Waals surface area contributed by atoms with E-state index in [4.69, 9.17) is 9.47 Å². The summed E-state index contributed by atoms with van der Waals surface area (Å²) in [5, 5.41) is 0. The van der Waals surface area contributed by atoms with Crippen molar-refractivity contribution in [3.05, 3.63) is 18.0 Å². The van der Waals surface area contributed by atoms with E-state index in [0.717, 1.165) is 24.7 Å². The van der Waals surface area contributed by atoms with E-state index in [-0.39, 0.29) is 0 Å². The topological polar surface area (TPSA) is 47.5 Å². The van der Waals surface area contributed by atoms with Crippen molar-refractivity contribution in [1.82, 2.24) is 9.97 Å². The molecule has 1 aliphatic rings. The van der Waals surface area contributed by atoms with Crippen LogP contribution in [0, 0.1) is 0 Å². The predicted octanol–water partition coefficient (Wildman–Crippen LogP) is 2.15. The first kappa shape index (κ1) is 13.2. The van der Waals surface area contributed by atoms with Gasteiger partial charge in [-0.1, -0.05) is 12.8 Å². The molecule has 5 nitrogen and oxygen atoms in total. The Labute approximate surface area is 108 Å². The Kier molecular flexibility index (Phi) is 4.90. The molecule has 1 saturated heterocycles. The Hall–Kier alpha value is -1.20. The number of rotatable bonds is 4. The van der Waals surface area contributed by atoms with Gasteiger partial charge in [0.25, 0.3) is 0 Å². The van der Waals surface area contributed by atoms with Crippen LogP contribution in [-0.2, 0) is 9.47 Å². The van der Waals surface area contributed by atoms with Gasteiger partial charge in [-0.25, -0.2) is 9.97 Å². The molecule has 0 unspecified atom stereocenters. The molecule has 5 heteroatoms. The van der Waals surface area contributed by atoms with Gasteiger partial charge in [0.1, 0.15) is 5.69 Å². The van der Waals surface area contributed by atoms with E-state index in [0.29, 0.717) is 0 Å². The van der Waals surface area contributed by atoms with Crippen LogP contribution in [0.25, 0.3) is 0 Å². The minimum absolute atomic E-state index is 0.418. The molecular formula is C13H21N3O2. The molecule has 0 saturated carbocycles. The van der Waals surface area contributed by atoms with Crippen LogP contribution in [0.5, 0.6) is 0 Å². The summed E-state index contributed by atoms with van der Waals surface area (Å²) >= 11 is 0. The molecule has 2 rings (SSSR count). The summed E-state index contributed by atoms with van der Waals surface area (Å²) in [5.41, 5.74) is 0.772. The third kappa shape index (κ3) is 3.17. The molecule has 0 atom stereocenters. The molecule has 0 radical (unpaired) electrons. The third-order valence-electron chi connectivity index (χ3n) is 3.22. The highest BCUT2D eigenvalue weighted by atomic mass is 16.7. The van der Waals surface area contributed by atoms with Gasteiger partial charge in [-0.3, -0.25) is 0 Å². The van der Waals surface area contributed by atoms with E-state index in [1.165, 1.54) is 25.7 Å². The van der Waals surface area contributed by atoms with Crippen LogP contribution in [0.3, 0.4) is 0 Å². The Morgan fingerprint density at radius 1 is 1.11 bits per heavy atom. The Morgan fingerprint density at radius 3 is 2.39 bits per heavy atom. The fourth-order valence-corrected chi connectivity index (χ4v) is 2.25. The Bertz CT molecular complexity index is 361. The van der Waals surface area contributed by atoms with E-state index >= 15 is 0 Å². The molecule has 1 aromatic rings. The lowest BCUT2D eigenvalue weighted by Gasteiger charge is -2.21. The van der Waals surface area contributed by atoms with Crippen LogP contribution in [0.15, 0.2) is 12.3 Å². The first-order valence-corrected chi connectivity index (χ1v) is 6.48. The van der Waals surface area contributed by atoms with E-state index in [2.05, 4.69) is 14.9 Å². The van der Waals surface area contributed by atoms with Crippen LogP contribution < -0.4 is 4.90 Å². The lowest BCUT2D eigenvalue weighted by Crippen LogP contribution is -2.26. The van der Waals surface area contributed by atoms with E-state index in [1.807, 2.05) is 6.07 Å². The molecule has 0 bridgehead atoms. The monoisotopic (exact) mass is 251 g/mol. The van der Waals surface area contributed by atoms with Crippen LogP contribution >= 0.6 is 0 Å². The van der Waals surface area contributed by atoms with Gasteiger partial charge in [0, 0.05) is 33.5 Å². The summed E-state index contributed by atoms with van der Waals surface area (Å²) in [6.45, 7) is 2.07. The minimum atomic E-state index is -0.418. The molecule has 0 aromatic carbocycles. The SMILES string of the molecule is COC(OC)c1ccnc(N2CCCCCC2)n1. The maximum atomic E-state index is 5.22. The van der Waals surface area contributed by atoms with Crippen molar-refractivity contribution in [1.29, 1.82) is 0 Å². The Balaban J connectivity index is 2.14. The highest BCUT2D eigenvalue weighted by Gasteiger charge is 2.16. The van der Waals surface area contributed by atoms with Crippen molar-refractivity contribution >= 4 is 5.95 Å². The molecule has 18 heavy (non-hydrogen) atoms. The van der Waals surface area contributed by atoms with Crippen molar-refractivity contribution in [2.45, 2.75) is 32.0 Å². The van der Waals surface area contributed by atoms with Crippen LogP contribution in [0.4, 0.5) is 5.95 Å². The second-order valence-electron chi connectivity index (χ2n) is 4.49. The summed E-state index contributed by atoms with van der Waals surface area (Å²) in [6, 6.07) is 1.83. The molecule has 1 aliphatic heterocycles. The van der Waals surface area contributed by atoms with Crippen molar-refractivity contribution in [3.63, 3.8) is 0 Å². The number of hydrogen-bond donors (Lipinski definition) is 0. The number of ether oxygens (including phenoxy) is 2. The molecule has 1 aromatic heterocycles. The first-order valence-electron chi connectivity index (χ1n) is 6.48. The van der Waals surface area contributed by atoms with E-state index in [9.17, 15) is 0 Å². The van der Waals surface area contributed by atoms with Crippen LogP contribution in [-0.4, -0.2) is 37.3 Å². The van der Waals surface area contributed by atoms with E-state index < -0.39 is 6.29 Å². The fourth-order valence-electron chi connectivity index (χ4n) is 2.25. The van der Waals surface area contributed by atoms with Gasteiger partial charge in [-0.2, -0.15) is 0 Å². The average Bonchev–Trinajstić information content (AvgIpc) is 2.69. The lowest BCUT2D eigenvalue weighted by molar-refractivity contribution is -0.108. The van der Waals surface area contributed by atoms with Gasteiger partial charge in [0.2, 0.25) is 12.2 Å². The zero-order valence-electron chi connectivity index (χ0n) is 11.1. The molecule has 1 fully saturated rings. The normalized spacial score (nSPS) is 16.9. The zero-order valence-corrected chi connectivity index (χ0v) is 11.1. The molecule has 0 spiro atoms. The maximum Gasteiger partial charge on any atom is 0.225 e. The average molecular weight is 251 g/mol. The standard InChI is InChI=1S/C13H21N3O2/c1-17-12(18-2)11-7-8-14-13(15-11)16-9-5-3-4-6-10-16/h7-8,12H,3-6,9-10H2,1-2H3. The van der Waals surface area contributed by atoms with Gasteiger partial charge < -0.3 is 14.4 Å². The molecule has 2 heterocycles. The maximum absolute atomic E-state index is 5.22. The van der Waals surface area contributed by atoms with Crippen molar-refractivity contribution in [2.24, 2.45) is 0 Å². The summed E-state index contributed by atoms with van der Waals surface area (Å²) in [4.78, 5) is 11.2.